The molecular formula is C8H4BrClF4. The van der Waals surface area contributed by atoms with Gasteiger partial charge in [-0.3, -0.25) is 0 Å². The van der Waals surface area contributed by atoms with E-state index in [4.69, 9.17) is 11.6 Å². The summed E-state index contributed by atoms with van der Waals surface area (Å²) in [5.74, 6) is -1.35. The largest absolute Gasteiger partial charge is 0.419 e. The molecule has 1 aromatic rings. The van der Waals surface area contributed by atoms with Gasteiger partial charge in [-0.1, -0.05) is 15.9 Å². The highest BCUT2D eigenvalue weighted by molar-refractivity contribution is 9.10. The molecule has 78 valence electrons. The molecule has 0 aliphatic heterocycles. The predicted molar refractivity (Wildman–Crippen MR) is 48.7 cm³/mol. The van der Waals surface area contributed by atoms with Gasteiger partial charge in [-0.05, 0) is 17.7 Å². The number of hydrogen-bond acceptors (Lipinski definition) is 0. The van der Waals surface area contributed by atoms with E-state index in [1.165, 1.54) is 0 Å². The third kappa shape index (κ3) is 2.39. The second-order valence-electron chi connectivity index (χ2n) is 2.55. The standard InChI is InChI=1S/C8H4BrClF4/c9-6-2-5(8(12,13)14)7(11)1-4(6)3-10/h1-2H,3H2. The Kier molecular flexibility index (Phi) is 3.42. The molecule has 0 bridgehead atoms. The quantitative estimate of drug-likeness (QED) is 0.533. The summed E-state index contributed by atoms with van der Waals surface area (Å²) in [5.41, 5.74) is -1.00. The van der Waals surface area contributed by atoms with Crippen molar-refractivity contribution >= 4 is 27.5 Å². The molecule has 0 fully saturated rings. The van der Waals surface area contributed by atoms with Crippen molar-refractivity contribution < 1.29 is 17.6 Å². The SMILES string of the molecule is Fc1cc(CCl)c(Br)cc1C(F)(F)F. The van der Waals surface area contributed by atoms with Gasteiger partial charge in [0.25, 0.3) is 0 Å². The van der Waals surface area contributed by atoms with Crippen molar-refractivity contribution in [3.8, 4) is 0 Å². The fourth-order valence-corrected chi connectivity index (χ4v) is 1.77. The number of hydrogen-bond donors (Lipinski definition) is 0. The van der Waals surface area contributed by atoms with Gasteiger partial charge in [0.05, 0.1) is 5.56 Å². The zero-order chi connectivity index (χ0) is 10.9. The van der Waals surface area contributed by atoms with Crippen LogP contribution in [0.25, 0.3) is 0 Å². The molecule has 0 spiro atoms. The van der Waals surface area contributed by atoms with Crippen LogP contribution in [0.3, 0.4) is 0 Å². The summed E-state index contributed by atoms with van der Waals surface area (Å²) in [7, 11) is 0. The van der Waals surface area contributed by atoms with Crippen LogP contribution in [0.4, 0.5) is 17.6 Å². The van der Waals surface area contributed by atoms with Crippen molar-refractivity contribution in [2.24, 2.45) is 0 Å². The zero-order valence-electron chi connectivity index (χ0n) is 6.63. The number of halogens is 6. The van der Waals surface area contributed by atoms with Crippen molar-refractivity contribution in [2.45, 2.75) is 12.1 Å². The van der Waals surface area contributed by atoms with Crippen molar-refractivity contribution in [3.63, 3.8) is 0 Å². The third-order valence-electron chi connectivity index (χ3n) is 1.59. The molecule has 0 atom stereocenters. The summed E-state index contributed by atoms with van der Waals surface area (Å²) < 4.78 is 49.6. The van der Waals surface area contributed by atoms with E-state index in [1.54, 1.807) is 0 Å². The monoisotopic (exact) mass is 290 g/mol. The van der Waals surface area contributed by atoms with E-state index in [0.29, 0.717) is 6.07 Å². The zero-order valence-corrected chi connectivity index (χ0v) is 8.97. The molecule has 0 aliphatic carbocycles. The van der Waals surface area contributed by atoms with E-state index in [1.807, 2.05) is 0 Å². The minimum Gasteiger partial charge on any atom is -0.206 e. The maximum atomic E-state index is 12.9. The van der Waals surface area contributed by atoms with E-state index < -0.39 is 17.6 Å². The topological polar surface area (TPSA) is 0 Å². The molecule has 0 amide bonds. The fourth-order valence-electron chi connectivity index (χ4n) is 0.908. The predicted octanol–water partition coefficient (Wildman–Crippen LogP) is 4.35. The van der Waals surface area contributed by atoms with E-state index in [9.17, 15) is 17.6 Å². The smallest absolute Gasteiger partial charge is 0.206 e. The van der Waals surface area contributed by atoms with Crippen LogP contribution in [-0.2, 0) is 12.1 Å². The molecule has 0 heterocycles. The van der Waals surface area contributed by atoms with Gasteiger partial charge in [-0.15, -0.1) is 11.6 Å². The number of rotatable bonds is 1. The Labute approximate surface area is 91.0 Å². The highest BCUT2D eigenvalue weighted by Gasteiger charge is 2.34. The van der Waals surface area contributed by atoms with E-state index in [2.05, 4.69) is 15.9 Å². The third-order valence-corrected chi connectivity index (χ3v) is 2.61. The summed E-state index contributed by atoms with van der Waals surface area (Å²) in [4.78, 5) is 0. The molecule has 0 unspecified atom stereocenters. The van der Waals surface area contributed by atoms with Gasteiger partial charge >= 0.3 is 6.18 Å². The summed E-state index contributed by atoms with van der Waals surface area (Å²) in [6.45, 7) is 0. The van der Waals surface area contributed by atoms with Crippen LogP contribution in [-0.4, -0.2) is 0 Å². The lowest BCUT2D eigenvalue weighted by molar-refractivity contribution is -0.140. The molecule has 1 aromatic carbocycles. The summed E-state index contributed by atoms with van der Waals surface area (Å²) >= 11 is 8.28. The van der Waals surface area contributed by atoms with E-state index >= 15 is 0 Å². The Bertz CT molecular complexity index is 348. The van der Waals surface area contributed by atoms with Gasteiger partial charge in [-0.2, -0.15) is 13.2 Å². The first-order chi connectivity index (χ1) is 6.36. The molecule has 0 aromatic heterocycles. The van der Waals surface area contributed by atoms with E-state index in [0.717, 1.165) is 6.07 Å². The first-order valence-electron chi connectivity index (χ1n) is 3.47. The number of benzene rings is 1. The van der Waals surface area contributed by atoms with Gasteiger partial charge in [-0.25, -0.2) is 4.39 Å². The first-order valence-corrected chi connectivity index (χ1v) is 4.80. The van der Waals surface area contributed by atoms with Crippen LogP contribution >= 0.6 is 27.5 Å². The Morgan fingerprint density at radius 2 is 1.86 bits per heavy atom. The summed E-state index contributed by atoms with van der Waals surface area (Å²) in [5, 5.41) is 0. The fraction of sp³-hybridized carbons (Fsp3) is 0.250. The molecular weight excluding hydrogens is 287 g/mol. The molecule has 6 heteroatoms. The van der Waals surface area contributed by atoms with Crippen molar-refractivity contribution in [2.75, 3.05) is 0 Å². The molecule has 0 nitrogen and oxygen atoms in total. The number of alkyl halides is 4. The second-order valence-corrected chi connectivity index (χ2v) is 3.68. The maximum absolute atomic E-state index is 12.9. The minimum absolute atomic E-state index is 0.0460. The highest BCUT2D eigenvalue weighted by atomic mass is 79.9. The van der Waals surface area contributed by atoms with Crippen LogP contribution in [0.5, 0.6) is 0 Å². The maximum Gasteiger partial charge on any atom is 0.419 e. The Balaban J connectivity index is 3.29. The van der Waals surface area contributed by atoms with Gasteiger partial charge < -0.3 is 0 Å². The van der Waals surface area contributed by atoms with Crippen molar-refractivity contribution in [3.05, 3.63) is 33.5 Å². The summed E-state index contributed by atoms with van der Waals surface area (Å²) in [6, 6.07) is 1.47. The van der Waals surface area contributed by atoms with Crippen LogP contribution in [0.1, 0.15) is 11.1 Å². The Morgan fingerprint density at radius 1 is 1.29 bits per heavy atom. The molecule has 1 rings (SSSR count). The van der Waals surface area contributed by atoms with Gasteiger partial charge in [0.1, 0.15) is 5.82 Å². The minimum atomic E-state index is -4.68. The van der Waals surface area contributed by atoms with Gasteiger partial charge in [0, 0.05) is 10.4 Å². The normalized spacial score (nSPS) is 11.9. The van der Waals surface area contributed by atoms with Crippen LogP contribution in [0.15, 0.2) is 16.6 Å². The highest BCUT2D eigenvalue weighted by Crippen LogP contribution is 2.34. The lowest BCUT2D eigenvalue weighted by Gasteiger charge is -2.10. The summed E-state index contributed by atoms with van der Waals surface area (Å²) in [6.07, 6.45) is -4.68. The molecule has 0 radical (unpaired) electrons. The van der Waals surface area contributed by atoms with Crippen LogP contribution in [0, 0.1) is 5.82 Å². The molecule has 14 heavy (non-hydrogen) atoms. The van der Waals surface area contributed by atoms with Crippen molar-refractivity contribution in [1.82, 2.24) is 0 Å². The van der Waals surface area contributed by atoms with Crippen LogP contribution in [0.2, 0.25) is 0 Å². The lowest BCUT2D eigenvalue weighted by atomic mass is 10.1. The molecule has 0 aliphatic rings. The first kappa shape index (κ1) is 11.8. The van der Waals surface area contributed by atoms with Crippen molar-refractivity contribution in [1.29, 1.82) is 0 Å². The average Bonchev–Trinajstić information content (AvgIpc) is 2.06. The Morgan fingerprint density at radius 3 is 2.29 bits per heavy atom. The molecule has 0 saturated heterocycles. The molecule has 0 saturated carbocycles. The van der Waals surface area contributed by atoms with Crippen LogP contribution < -0.4 is 0 Å². The van der Waals surface area contributed by atoms with E-state index in [-0.39, 0.29) is 15.9 Å². The second kappa shape index (κ2) is 4.06. The van der Waals surface area contributed by atoms with Gasteiger partial charge in [0.2, 0.25) is 0 Å². The van der Waals surface area contributed by atoms with Gasteiger partial charge in [0.15, 0.2) is 0 Å². The molecule has 0 N–H and O–H groups in total. The Hall–Kier alpha value is -0.290. The lowest BCUT2D eigenvalue weighted by Crippen LogP contribution is -2.08. The average molecular weight is 291 g/mol.